The van der Waals surface area contributed by atoms with Gasteiger partial charge in [0.15, 0.2) is 0 Å². The predicted octanol–water partition coefficient (Wildman–Crippen LogP) is 16.2. The van der Waals surface area contributed by atoms with Crippen molar-refractivity contribution in [3.8, 4) is 50.2 Å². The quantitative estimate of drug-likeness (QED) is 0.163. The molecule has 0 amide bonds. The molecule has 1 aromatic heterocycles. The van der Waals surface area contributed by atoms with Crippen LogP contribution in [0.25, 0.3) is 72.0 Å². The molecule has 2 nitrogen and oxygen atoms in total. The number of anilines is 3. The Kier molecular flexibility index (Phi) is 7.96. The second-order valence-corrected chi connectivity index (χ2v) is 18.1. The lowest BCUT2D eigenvalue weighted by molar-refractivity contribution is 0.660. The van der Waals surface area contributed by atoms with E-state index >= 15 is 0 Å². The highest BCUT2D eigenvalue weighted by Crippen LogP contribution is 2.57. The number of hydrogen-bond acceptors (Lipinski definition) is 1. The highest BCUT2D eigenvalue weighted by Gasteiger charge is 2.39. The first kappa shape index (κ1) is 36.4. The van der Waals surface area contributed by atoms with Gasteiger partial charge in [-0.2, -0.15) is 0 Å². The SMILES string of the molecule is CC1(C)c2ccccc2-c2c(-c3ccccc3N(c3ccc(-c4cccc5c4c4ccccc4n5-c4ccccc4)cc3)c3cccc4c3-c3ccccc3C4(C)C)cccc21. The highest BCUT2D eigenvalue weighted by atomic mass is 15.1. The van der Waals surface area contributed by atoms with Crippen LogP contribution in [0.1, 0.15) is 49.9 Å². The fraction of sp³-hybridized carbons (Fsp3) is 0.100. The summed E-state index contributed by atoms with van der Waals surface area (Å²) in [6.07, 6.45) is 0. The molecule has 0 atom stereocenters. The van der Waals surface area contributed by atoms with Gasteiger partial charge in [-0.15, -0.1) is 0 Å². The lowest BCUT2D eigenvalue weighted by Gasteiger charge is -2.31. The molecule has 12 rings (SSSR count). The van der Waals surface area contributed by atoms with Crippen molar-refractivity contribution in [3.05, 3.63) is 229 Å². The van der Waals surface area contributed by atoms with Gasteiger partial charge < -0.3 is 9.47 Å². The van der Waals surface area contributed by atoms with Crippen LogP contribution in [0.2, 0.25) is 0 Å². The Hall–Kier alpha value is -7.42. The number of hydrogen-bond donors (Lipinski definition) is 0. The summed E-state index contributed by atoms with van der Waals surface area (Å²) < 4.78 is 2.40. The highest BCUT2D eigenvalue weighted by molar-refractivity contribution is 6.16. The third-order valence-electron chi connectivity index (χ3n) is 14.0. The van der Waals surface area contributed by atoms with Gasteiger partial charge in [-0.3, -0.25) is 0 Å². The van der Waals surface area contributed by atoms with Crippen molar-refractivity contribution >= 4 is 38.9 Å². The van der Waals surface area contributed by atoms with E-state index in [1.807, 2.05) is 0 Å². The number of nitrogens with zero attached hydrogens (tertiary/aromatic N) is 2. The Balaban J connectivity index is 1.08. The van der Waals surface area contributed by atoms with Crippen molar-refractivity contribution in [2.45, 2.75) is 38.5 Å². The van der Waals surface area contributed by atoms with E-state index in [9.17, 15) is 0 Å². The van der Waals surface area contributed by atoms with Crippen molar-refractivity contribution in [2.75, 3.05) is 4.90 Å². The minimum absolute atomic E-state index is 0.0990. The van der Waals surface area contributed by atoms with Crippen molar-refractivity contribution in [1.29, 1.82) is 0 Å². The molecular formula is C60H46N2. The Labute approximate surface area is 364 Å². The zero-order chi connectivity index (χ0) is 41.7. The molecule has 2 aliphatic rings. The third kappa shape index (κ3) is 5.16. The molecule has 0 N–H and O–H groups in total. The van der Waals surface area contributed by atoms with Gasteiger partial charge in [0.2, 0.25) is 0 Å². The van der Waals surface area contributed by atoms with E-state index < -0.39 is 0 Å². The molecule has 0 saturated heterocycles. The molecule has 0 spiro atoms. The van der Waals surface area contributed by atoms with Crippen LogP contribution in [0.4, 0.5) is 17.1 Å². The van der Waals surface area contributed by atoms with Crippen molar-refractivity contribution in [3.63, 3.8) is 0 Å². The van der Waals surface area contributed by atoms with Gasteiger partial charge in [0, 0.05) is 44.1 Å². The molecule has 0 bridgehead atoms. The molecule has 0 unspecified atom stereocenters. The van der Waals surface area contributed by atoms with Gasteiger partial charge in [-0.1, -0.05) is 185 Å². The second kappa shape index (κ2) is 13.5. The maximum Gasteiger partial charge on any atom is 0.0547 e. The third-order valence-corrected chi connectivity index (χ3v) is 14.0. The van der Waals surface area contributed by atoms with Gasteiger partial charge in [-0.25, -0.2) is 0 Å². The molecule has 0 saturated carbocycles. The molecule has 296 valence electrons. The Morgan fingerprint density at radius 2 is 0.855 bits per heavy atom. The molecule has 0 aliphatic heterocycles. The van der Waals surface area contributed by atoms with Crippen molar-refractivity contribution in [2.24, 2.45) is 0 Å². The summed E-state index contributed by atoms with van der Waals surface area (Å²) in [6, 6.07) is 76.5. The van der Waals surface area contributed by atoms with Gasteiger partial charge in [0.25, 0.3) is 0 Å². The van der Waals surface area contributed by atoms with Crippen LogP contribution in [0.3, 0.4) is 0 Å². The Morgan fingerprint density at radius 1 is 0.355 bits per heavy atom. The summed E-state index contributed by atoms with van der Waals surface area (Å²) in [5.74, 6) is 0. The summed E-state index contributed by atoms with van der Waals surface area (Å²) in [5, 5.41) is 2.52. The fourth-order valence-electron chi connectivity index (χ4n) is 11.1. The molecule has 0 radical (unpaired) electrons. The standard InChI is InChI=1S/C60H46N2/c1-59(2)48-27-12-8-22-45(48)56-44(26-16-29-50(56)59)43-21-10-14-31-52(43)62(55-34-18-30-51-58(55)46-23-9-13-28-49(46)60(51,3)4)41-37-35-39(36-38-41)42-25-17-33-54-57(42)47-24-11-15-32-53(47)61(54)40-19-6-5-7-20-40/h5-38H,1-4H3. The van der Waals surface area contributed by atoms with Crippen LogP contribution in [0.5, 0.6) is 0 Å². The van der Waals surface area contributed by atoms with Crippen molar-refractivity contribution in [1.82, 2.24) is 4.57 Å². The lowest BCUT2D eigenvalue weighted by atomic mass is 9.82. The molecule has 10 aromatic rings. The molecule has 9 aromatic carbocycles. The topological polar surface area (TPSA) is 8.17 Å². The molecule has 62 heavy (non-hydrogen) atoms. The van der Waals surface area contributed by atoms with Crippen molar-refractivity contribution < 1.29 is 0 Å². The molecule has 2 aliphatic carbocycles. The summed E-state index contributed by atoms with van der Waals surface area (Å²) in [5.41, 5.74) is 22.4. The average molecular weight is 795 g/mol. The smallest absolute Gasteiger partial charge is 0.0547 e. The zero-order valence-electron chi connectivity index (χ0n) is 35.5. The number of aromatic nitrogens is 1. The first-order chi connectivity index (χ1) is 30.3. The monoisotopic (exact) mass is 794 g/mol. The van der Waals surface area contributed by atoms with E-state index in [-0.39, 0.29) is 10.8 Å². The average Bonchev–Trinajstić information content (AvgIpc) is 3.87. The van der Waals surface area contributed by atoms with Crippen LogP contribution in [0, 0.1) is 0 Å². The first-order valence-electron chi connectivity index (χ1n) is 21.9. The number of rotatable bonds is 6. The maximum absolute atomic E-state index is 2.53. The fourth-order valence-corrected chi connectivity index (χ4v) is 11.1. The summed E-state index contributed by atoms with van der Waals surface area (Å²) in [6.45, 7) is 9.48. The lowest BCUT2D eigenvalue weighted by Crippen LogP contribution is -2.16. The number of para-hydroxylation sites is 3. The Bertz CT molecular complexity index is 3400. The van der Waals surface area contributed by atoms with Crippen LogP contribution in [0.15, 0.2) is 206 Å². The van der Waals surface area contributed by atoms with Crippen LogP contribution in [-0.4, -0.2) is 4.57 Å². The van der Waals surface area contributed by atoms with Crippen LogP contribution >= 0.6 is 0 Å². The number of fused-ring (bicyclic) bond motifs is 9. The zero-order valence-corrected chi connectivity index (χ0v) is 35.5. The first-order valence-corrected chi connectivity index (χ1v) is 21.9. The number of benzene rings is 9. The predicted molar refractivity (Wildman–Crippen MR) is 261 cm³/mol. The van der Waals surface area contributed by atoms with E-state index in [0.29, 0.717) is 0 Å². The van der Waals surface area contributed by atoms with E-state index in [1.165, 1.54) is 94.3 Å². The summed E-state index contributed by atoms with van der Waals surface area (Å²) >= 11 is 0. The minimum atomic E-state index is -0.135. The van der Waals surface area contributed by atoms with Gasteiger partial charge >= 0.3 is 0 Å². The molecule has 0 fully saturated rings. The van der Waals surface area contributed by atoms with Gasteiger partial charge in [0.1, 0.15) is 0 Å². The largest absolute Gasteiger partial charge is 0.309 e. The second-order valence-electron chi connectivity index (χ2n) is 18.1. The van der Waals surface area contributed by atoms with E-state index in [2.05, 4.69) is 243 Å². The van der Waals surface area contributed by atoms with Crippen LogP contribution < -0.4 is 4.90 Å². The van der Waals surface area contributed by atoms with Gasteiger partial charge in [0.05, 0.1) is 22.4 Å². The molecular weight excluding hydrogens is 749 g/mol. The van der Waals surface area contributed by atoms with E-state index in [4.69, 9.17) is 0 Å². The summed E-state index contributed by atoms with van der Waals surface area (Å²) in [4.78, 5) is 2.53. The summed E-state index contributed by atoms with van der Waals surface area (Å²) in [7, 11) is 0. The Morgan fingerprint density at radius 3 is 1.60 bits per heavy atom. The van der Waals surface area contributed by atoms with Gasteiger partial charge in [-0.05, 0) is 104 Å². The van der Waals surface area contributed by atoms with E-state index in [0.717, 1.165) is 17.1 Å². The van der Waals surface area contributed by atoms with Crippen LogP contribution in [-0.2, 0) is 10.8 Å². The van der Waals surface area contributed by atoms with E-state index in [1.54, 1.807) is 0 Å². The maximum atomic E-state index is 2.53. The molecule has 2 heteroatoms. The normalized spacial score (nSPS) is 14.1. The molecule has 1 heterocycles. The minimum Gasteiger partial charge on any atom is -0.309 e.